The summed E-state index contributed by atoms with van der Waals surface area (Å²) in [6.07, 6.45) is 0. The van der Waals surface area contributed by atoms with Crippen molar-refractivity contribution in [2.24, 2.45) is 0 Å². The summed E-state index contributed by atoms with van der Waals surface area (Å²) in [7, 11) is 0. The van der Waals surface area contributed by atoms with E-state index in [1.807, 2.05) is 78.9 Å². The van der Waals surface area contributed by atoms with E-state index in [4.69, 9.17) is 44.3 Å². The van der Waals surface area contributed by atoms with Crippen molar-refractivity contribution < 1.29 is 58.6 Å². The minimum atomic E-state index is -1.35. The molecule has 364 valence electrons. The molecular weight excluding hydrogens is 963 g/mol. The lowest BCUT2D eigenvalue weighted by Crippen LogP contribution is -2.35. The molecule has 2 aliphatic heterocycles. The van der Waals surface area contributed by atoms with Gasteiger partial charge < -0.3 is 44.6 Å². The van der Waals surface area contributed by atoms with Gasteiger partial charge in [0.05, 0.1) is 37.2 Å². The summed E-state index contributed by atoms with van der Waals surface area (Å²) in [6, 6.07) is 40.2. The lowest BCUT2D eigenvalue weighted by Gasteiger charge is -2.14. The van der Waals surface area contributed by atoms with Gasteiger partial charge >= 0.3 is 23.9 Å². The fourth-order valence-corrected chi connectivity index (χ4v) is 8.87. The molecule has 8 bridgehead atoms. The van der Waals surface area contributed by atoms with Gasteiger partial charge in [0.25, 0.3) is 5.69 Å². The van der Waals surface area contributed by atoms with Crippen LogP contribution >= 0.6 is 0 Å². The number of hydrogen-bond donors (Lipinski definition) is 6. The highest BCUT2D eigenvalue weighted by Crippen LogP contribution is 2.36. The van der Waals surface area contributed by atoms with Crippen LogP contribution in [0.25, 0.3) is 84.0 Å². The number of carboxylic acid groups (broad SMARTS) is 4. The number of benzene rings is 7. The molecule has 2 aliphatic rings. The highest BCUT2D eigenvalue weighted by molar-refractivity contribution is 6.06. The van der Waals surface area contributed by atoms with E-state index in [1.54, 1.807) is 30.3 Å². The van der Waals surface area contributed by atoms with Crippen molar-refractivity contribution in [2.75, 3.05) is 0 Å². The minimum absolute atomic E-state index is 0.0283. The molecule has 0 aliphatic carbocycles. The third kappa shape index (κ3) is 8.65. The highest BCUT2D eigenvalue weighted by atomic mass is 16.5. The number of hydrogen-bond acceptors (Lipinski definition) is 13. The maximum atomic E-state index is 11.9. The summed E-state index contributed by atoms with van der Waals surface area (Å²) in [5.41, 5.74) is 4.61. The number of nitrogens with one attached hydrogen (secondary N) is 2. The molecule has 0 saturated heterocycles. The van der Waals surface area contributed by atoms with Gasteiger partial charge in [0.15, 0.2) is 11.6 Å². The Morgan fingerprint density at radius 3 is 1.41 bits per heavy atom. The van der Waals surface area contributed by atoms with Crippen molar-refractivity contribution in [3.05, 3.63) is 179 Å². The zero-order valence-electron chi connectivity index (χ0n) is 38.5. The van der Waals surface area contributed by atoms with Gasteiger partial charge in [0.1, 0.15) is 58.7 Å². The standard InChI is InChI=1S/C55H33N9O11/c65-52(66)29-18-30(53(67)68)21-34(20-29)73-25-27-15-28(26-74-35-22-31(54(69)70)19-32(23-35)55(71)72)17-36(16-27)75-33-13-14-41-43(24-33)51-61-49(41)59-47-38-8-2-1-7-37(38)45(57-47)56-46-39-9-3-4-10-40(39)48(58-46)60-50-42-11-5-6-12-44(42)64(62-50)63-51/h1-24H,25-26H2,(H5,56,57,58,59,60,61,62,63,65,66,67,68,69,70,71,72)/p+1. The first-order valence-electron chi connectivity index (χ1n) is 22.8. The van der Waals surface area contributed by atoms with E-state index >= 15 is 0 Å². The van der Waals surface area contributed by atoms with Crippen LogP contribution in [0.2, 0.25) is 0 Å². The Morgan fingerprint density at radius 1 is 0.413 bits per heavy atom. The molecule has 0 fully saturated rings. The second-order valence-corrected chi connectivity index (χ2v) is 17.2. The number of fused-ring (bicyclic) bond motifs is 20. The molecule has 0 radical (unpaired) electrons. The summed E-state index contributed by atoms with van der Waals surface area (Å²) >= 11 is 0. The largest absolute Gasteiger partial charge is 0.489 e. The van der Waals surface area contributed by atoms with Crippen LogP contribution in [0.4, 0.5) is 0 Å². The first-order valence-corrected chi connectivity index (χ1v) is 22.8. The zero-order chi connectivity index (χ0) is 51.5. The van der Waals surface area contributed by atoms with Gasteiger partial charge in [-0.2, -0.15) is 0 Å². The molecular formula is C55H34N9O11+. The van der Waals surface area contributed by atoms with Crippen molar-refractivity contribution in [1.29, 1.82) is 0 Å². The van der Waals surface area contributed by atoms with E-state index in [9.17, 15) is 39.6 Å². The van der Waals surface area contributed by atoms with Gasteiger partial charge in [-0.1, -0.05) is 60.7 Å². The Balaban J connectivity index is 0.991. The number of aromatic nitrogens is 9. The van der Waals surface area contributed by atoms with E-state index in [0.717, 1.165) is 39.6 Å². The number of rotatable bonds is 12. The number of ether oxygens (including phenoxy) is 3. The molecule has 0 amide bonds. The summed E-state index contributed by atoms with van der Waals surface area (Å²) in [6.45, 7) is -0.414. The van der Waals surface area contributed by atoms with Crippen LogP contribution in [0.5, 0.6) is 23.0 Å². The number of carbonyl (C=O) groups is 4. The summed E-state index contributed by atoms with van der Waals surface area (Å²) < 4.78 is 18.5. The average molecular weight is 997 g/mol. The van der Waals surface area contributed by atoms with Gasteiger partial charge in [-0.3, -0.25) is 0 Å². The fraction of sp³-hybridized carbons (Fsp3) is 0.0364. The molecule has 0 unspecified atom stereocenters. The normalized spacial score (nSPS) is 11.5. The molecule has 0 saturated carbocycles. The predicted octanol–water partition coefficient (Wildman–Crippen LogP) is 9.22. The number of para-hydroxylation sites is 1. The number of nitrogens with zero attached hydrogens (tertiary/aromatic N) is 7. The van der Waals surface area contributed by atoms with E-state index < -0.39 is 23.9 Å². The maximum Gasteiger partial charge on any atom is 0.335 e. The number of carboxylic acids is 4. The van der Waals surface area contributed by atoms with Gasteiger partial charge in [-0.25, -0.2) is 39.1 Å². The van der Waals surface area contributed by atoms with Gasteiger partial charge in [0, 0.05) is 38.7 Å². The molecule has 0 spiro atoms. The van der Waals surface area contributed by atoms with Crippen molar-refractivity contribution in [2.45, 2.75) is 13.2 Å². The third-order valence-electron chi connectivity index (χ3n) is 12.3. The first kappa shape index (κ1) is 45.3. The lowest BCUT2D eigenvalue weighted by molar-refractivity contribution is -0.711. The van der Waals surface area contributed by atoms with E-state index in [-0.39, 0.29) is 52.7 Å². The van der Waals surface area contributed by atoms with E-state index in [2.05, 4.69) is 9.97 Å². The van der Waals surface area contributed by atoms with Gasteiger partial charge in [-0.05, 0) is 90.0 Å². The Hall–Kier alpha value is -10.9. The molecule has 7 aromatic carbocycles. The van der Waals surface area contributed by atoms with Crippen LogP contribution in [-0.2, 0) is 13.2 Å². The SMILES string of the molecule is O=C(O)c1cc(OCc2cc(COc3cc(C(=O)O)cc(C(=O)O)c3)cc(Oc3ccc4c5nc6nc(nc7[nH]c(nc8n[n+](nc([nH]5)c4c3)-c3ccccc3-8)c3ccccc73)-c3ccccc3-6)c2)cc(C(=O)O)c1. The smallest absolute Gasteiger partial charge is 0.335 e. The quantitative estimate of drug-likeness (QED) is 0.0622. The lowest BCUT2D eigenvalue weighted by atomic mass is 10.1. The van der Waals surface area contributed by atoms with Crippen LogP contribution in [-0.4, -0.2) is 84.4 Å². The Labute approximate surface area is 420 Å². The maximum absolute atomic E-state index is 11.9. The highest BCUT2D eigenvalue weighted by Gasteiger charge is 2.29. The number of H-pyrrole nitrogens is 2. The van der Waals surface area contributed by atoms with E-state index in [0.29, 0.717) is 73.4 Å². The topological polar surface area (TPSA) is 290 Å². The molecule has 10 aromatic rings. The Kier molecular flexibility index (Phi) is 10.9. The molecule has 0 atom stereocenters. The van der Waals surface area contributed by atoms with Crippen LogP contribution < -0.4 is 19.0 Å². The molecule has 12 rings (SSSR count). The monoisotopic (exact) mass is 996 g/mol. The van der Waals surface area contributed by atoms with Crippen LogP contribution in [0.15, 0.2) is 146 Å². The average Bonchev–Trinajstić information content (AvgIpc) is 4.15. The first-order chi connectivity index (χ1) is 36.4. The van der Waals surface area contributed by atoms with Crippen molar-refractivity contribution in [3.8, 4) is 62.8 Å². The predicted molar refractivity (Wildman–Crippen MR) is 268 cm³/mol. The van der Waals surface area contributed by atoms with Crippen LogP contribution in [0, 0.1) is 0 Å². The molecule has 75 heavy (non-hydrogen) atoms. The molecule has 20 heteroatoms. The van der Waals surface area contributed by atoms with Gasteiger partial charge in [-0.15, -0.1) is 0 Å². The van der Waals surface area contributed by atoms with Crippen molar-refractivity contribution >= 4 is 68.0 Å². The molecule has 5 heterocycles. The number of aromatic amines is 2. The Morgan fingerprint density at radius 2 is 0.880 bits per heavy atom. The fourth-order valence-electron chi connectivity index (χ4n) is 8.87. The van der Waals surface area contributed by atoms with Gasteiger partial charge in [0.2, 0.25) is 11.5 Å². The molecule has 6 N–H and O–H groups in total. The van der Waals surface area contributed by atoms with Crippen molar-refractivity contribution in [3.63, 3.8) is 0 Å². The second kappa shape index (κ2) is 18.1. The summed E-state index contributed by atoms with van der Waals surface area (Å²) in [4.78, 5) is 75.9. The minimum Gasteiger partial charge on any atom is -0.489 e. The van der Waals surface area contributed by atoms with Crippen LogP contribution in [0.3, 0.4) is 0 Å². The third-order valence-corrected chi connectivity index (χ3v) is 12.3. The van der Waals surface area contributed by atoms with E-state index in [1.165, 1.54) is 29.1 Å². The molecule has 3 aromatic heterocycles. The Bertz CT molecular complexity index is 4120. The van der Waals surface area contributed by atoms with Crippen molar-refractivity contribution in [1.82, 2.24) is 40.1 Å². The summed E-state index contributed by atoms with van der Waals surface area (Å²) in [5.74, 6) is -3.58. The second-order valence-electron chi connectivity index (χ2n) is 17.2. The summed E-state index contributed by atoms with van der Waals surface area (Å²) in [5, 5.41) is 51.5. The number of aromatic carboxylic acids is 4. The zero-order valence-corrected chi connectivity index (χ0v) is 38.5. The molecule has 20 nitrogen and oxygen atoms in total. The van der Waals surface area contributed by atoms with Crippen LogP contribution in [0.1, 0.15) is 52.6 Å².